The van der Waals surface area contributed by atoms with Gasteiger partial charge in [0.05, 0.1) is 6.61 Å². The van der Waals surface area contributed by atoms with Crippen LogP contribution in [0.5, 0.6) is 0 Å². The number of piperidine rings is 1. The van der Waals surface area contributed by atoms with Crippen LogP contribution < -0.4 is 0 Å². The Hall–Kier alpha value is -0.0500. The first-order chi connectivity index (χ1) is 6.76. The smallest absolute Gasteiger partial charge is 0.0502 e. The number of methoxy groups -OCH3 is 1. The van der Waals surface area contributed by atoms with Crippen LogP contribution in [0.3, 0.4) is 0 Å². The fourth-order valence-electron chi connectivity index (χ4n) is 2.03. The second kappa shape index (κ2) is 6.44. The number of likely N-dealkylation sites (tertiary alicyclic amines) is 1. The molecule has 82 valence electrons. The molecule has 0 bridgehead atoms. The van der Waals surface area contributed by atoms with Gasteiger partial charge in [-0.1, -0.05) is 6.58 Å². The van der Waals surface area contributed by atoms with Gasteiger partial charge in [0.2, 0.25) is 0 Å². The highest BCUT2D eigenvalue weighted by Crippen LogP contribution is 2.17. The van der Waals surface area contributed by atoms with E-state index in [0.29, 0.717) is 11.8 Å². The summed E-state index contributed by atoms with van der Waals surface area (Å²) >= 11 is 5.72. The van der Waals surface area contributed by atoms with Crippen LogP contribution in [0, 0.1) is 5.92 Å². The van der Waals surface area contributed by atoms with E-state index < -0.39 is 0 Å². The van der Waals surface area contributed by atoms with Crippen molar-refractivity contribution in [3.05, 3.63) is 12.2 Å². The van der Waals surface area contributed by atoms with Gasteiger partial charge in [-0.2, -0.15) is 0 Å². The van der Waals surface area contributed by atoms with E-state index >= 15 is 0 Å². The molecule has 1 fully saturated rings. The Labute approximate surface area is 91.9 Å². The molecule has 1 aliphatic rings. The molecule has 0 aromatic rings. The minimum Gasteiger partial charge on any atom is -0.384 e. The molecule has 1 saturated heterocycles. The summed E-state index contributed by atoms with van der Waals surface area (Å²) in [5.74, 6) is 1.27. The Morgan fingerprint density at radius 2 is 2.43 bits per heavy atom. The summed E-state index contributed by atoms with van der Waals surface area (Å²) < 4.78 is 5.19. The molecule has 0 radical (unpaired) electrons. The van der Waals surface area contributed by atoms with Crippen molar-refractivity contribution in [2.45, 2.75) is 12.8 Å². The summed E-state index contributed by atoms with van der Waals surface area (Å²) in [6.07, 6.45) is 2.56. The maximum atomic E-state index is 5.72. The van der Waals surface area contributed by atoms with Gasteiger partial charge >= 0.3 is 0 Å². The van der Waals surface area contributed by atoms with Crippen molar-refractivity contribution < 1.29 is 4.74 Å². The molecule has 0 aliphatic carbocycles. The maximum absolute atomic E-state index is 5.72. The first-order valence-electron chi connectivity index (χ1n) is 5.20. The van der Waals surface area contributed by atoms with Gasteiger partial charge in [0, 0.05) is 26.1 Å². The molecule has 0 aromatic heterocycles. The third-order valence-electron chi connectivity index (χ3n) is 2.64. The van der Waals surface area contributed by atoms with E-state index in [9.17, 15) is 0 Å². The van der Waals surface area contributed by atoms with Gasteiger partial charge < -0.3 is 4.74 Å². The number of rotatable bonds is 5. The Morgan fingerprint density at radius 1 is 1.64 bits per heavy atom. The zero-order chi connectivity index (χ0) is 10.4. The zero-order valence-corrected chi connectivity index (χ0v) is 9.72. The van der Waals surface area contributed by atoms with Crippen molar-refractivity contribution in [1.82, 2.24) is 4.90 Å². The van der Waals surface area contributed by atoms with Gasteiger partial charge in [0.15, 0.2) is 0 Å². The number of hydrogen-bond acceptors (Lipinski definition) is 2. The monoisotopic (exact) mass is 217 g/mol. The maximum Gasteiger partial charge on any atom is 0.0502 e. The topological polar surface area (TPSA) is 12.5 Å². The van der Waals surface area contributed by atoms with Crippen molar-refractivity contribution in [1.29, 1.82) is 0 Å². The number of halogens is 1. The second-order valence-corrected chi connectivity index (χ2v) is 4.35. The van der Waals surface area contributed by atoms with E-state index in [2.05, 4.69) is 11.5 Å². The van der Waals surface area contributed by atoms with Crippen LogP contribution in [0.2, 0.25) is 0 Å². The van der Waals surface area contributed by atoms with Crippen LogP contribution in [0.1, 0.15) is 12.8 Å². The molecule has 2 nitrogen and oxygen atoms in total. The molecular weight excluding hydrogens is 198 g/mol. The fraction of sp³-hybridized carbons (Fsp3) is 0.818. The third-order valence-corrected chi connectivity index (χ3v) is 3.02. The summed E-state index contributed by atoms with van der Waals surface area (Å²) in [6, 6.07) is 0. The van der Waals surface area contributed by atoms with Crippen molar-refractivity contribution in [3.63, 3.8) is 0 Å². The highest BCUT2D eigenvalue weighted by atomic mass is 35.5. The highest BCUT2D eigenvalue weighted by Gasteiger charge is 2.19. The van der Waals surface area contributed by atoms with E-state index in [1.165, 1.54) is 19.4 Å². The second-order valence-electron chi connectivity index (χ2n) is 4.08. The normalized spacial score (nSPS) is 23.7. The first-order valence-corrected chi connectivity index (χ1v) is 5.73. The third kappa shape index (κ3) is 3.99. The molecule has 1 heterocycles. The first kappa shape index (κ1) is 12.0. The number of alkyl halides is 1. The van der Waals surface area contributed by atoms with Crippen LogP contribution in [0.4, 0.5) is 0 Å². The lowest BCUT2D eigenvalue weighted by atomic mass is 9.99. The molecule has 0 saturated carbocycles. The SMILES string of the molecule is C=C(CCl)CN1CCCC(COC)C1. The molecular formula is C11H20ClNO. The largest absolute Gasteiger partial charge is 0.384 e. The molecule has 1 unspecified atom stereocenters. The lowest BCUT2D eigenvalue weighted by Crippen LogP contribution is -2.38. The summed E-state index contributed by atoms with van der Waals surface area (Å²) in [4.78, 5) is 2.43. The standard InChI is InChI=1S/C11H20ClNO/c1-10(6-12)7-13-5-3-4-11(8-13)9-14-2/h11H,1,3-9H2,2H3. The van der Waals surface area contributed by atoms with Crippen LogP contribution in [0.25, 0.3) is 0 Å². The number of ether oxygens (including phenoxy) is 1. The predicted octanol–water partition coefficient (Wildman–Crippen LogP) is 2.14. The van der Waals surface area contributed by atoms with Crippen molar-refractivity contribution in [2.24, 2.45) is 5.92 Å². The summed E-state index contributed by atoms with van der Waals surface area (Å²) in [5, 5.41) is 0. The van der Waals surface area contributed by atoms with Crippen LogP contribution in [-0.4, -0.2) is 44.1 Å². The van der Waals surface area contributed by atoms with Gasteiger partial charge in [-0.15, -0.1) is 11.6 Å². The quantitative estimate of drug-likeness (QED) is 0.517. The molecule has 1 aliphatic heterocycles. The molecule has 14 heavy (non-hydrogen) atoms. The van der Waals surface area contributed by atoms with Gasteiger partial charge in [0.25, 0.3) is 0 Å². The van der Waals surface area contributed by atoms with Crippen molar-refractivity contribution >= 4 is 11.6 Å². The van der Waals surface area contributed by atoms with Gasteiger partial charge in [-0.05, 0) is 30.9 Å². The summed E-state index contributed by atoms with van der Waals surface area (Å²) in [6.45, 7) is 8.07. The molecule has 0 N–H and O–H groups in total. The van der Waals surface area contributed by atoms with E-state index in [1.807, 2.05) is 0 Å². The minimum absolute atomic E-state index is 0.575. The fourth-order valence-corrected chi connectivity index (χ4v) is 2.11. The predicted molar refractivity (Wildman–Crippen MR) is 60.9 cm³/mol. The lowest BCUT2D eigenvalue weighted by Gasteiger charge is -2.32. The number of hydrogen-bond donors (Lipinski definition) is 0. The lowest BCUT2D eigenvalue weighted by molar-refractivity contribution is 0.0950. The van der Waals surface area contributed by atoms with Gasteiger partial charge in [0.1, 0.15) is 0 Å². The van der Waals surface area contributed by atoms with Gasteiger partial charge in [-0.3, -0.25) is 4.90 Å². The molecule has 0 amide bonds. The Bertz CT molecular complexity index is 182. The minimum atomic E-state index is 0.575. The Morgan fingerprint density at radius 3 is 3.07 bits per heavy atom. The Balaban J connectivity index is 2.28. The van der Waals surface area contributed by atoms with Crippen LogP contribution in [0.15, 0.2) is 12.2 Å². The van der Waals surface area contributed by atoms with E-state index in [0.717, 1.165) is 25.3 Å². The zero-order valence-electron chi connectivity index (χ0n) is 8.97. The molecule has 1 rings (SSSR count). The average molecular weight is 218 g/mol. The average Bonchev–Trinajstić information content (AvgIpc) is 2.19. The van der Waals surface area contributed by atoms with E-state index in [-0.39, 0.29) is 0 Å². The molecule has 0 aromatic carbocycles. The summed E-state index contributed by atoms with van der Waals surface area (Å²) in [7, 11) is 1.77. The van der Waals surface area contributed by atoms with Gasteiger partial charge in [-0.25, -0.2) is 0 Å². The van der Waals surface area contributed by atoms with Crippen molar-refractivity contribution in [3.8, 4) is 0 Å². The molecule has 0 spiro atoms. The molecule has 1 atom stereocenters. The highest BCUT2D eigenvalue weighted by molar-refractivity contribution is 6.19. The summed E-state index contributed by atoms with van der Waals surface area (Å²) in [5.41, 5.74) is 1.12. The van der Waals surface area contributed by atoms with Crippen molar-refractivity contribution in [2.75, 3.05) is 39.2 Å². The van der Waals surface area contributed by atoms with Crippen LogP contribution in [-0.2, 0) is 4.74 Å². The number of nitrogens with zero attached hydrogens (tertiary/aromatic N) is 1. The molecule has 3 heteroatoms. The Kier molecular flexibility index (Phi) is 5.53. The van der Waals surface area contributed by atoms with E-state index in [4.69, 9.17) is 16.3 Å². The van der Waals surface area contributed by atoms with E-state index in [1.54, 1.807) is 7.11 Å². The van der Waals surface area contributed by atoms with Crippen LogP contribution >= 0.6 is 11.6 Å².